The Labute approximate surface area is 196 Å². The van der Waals surface area contributed by atoms with E-state index in [1.54, 1.807) is 20.4 Å². The van der Waals surface area contributed by atoms with Gasteiger partial charge in [-0.15, -0.1) is 5.54 Å². The van der Waals surface area contributed by atoms with Crippen molar-refractivity contribution in [2.75, 3.05) is 46.0 Å². The Bertz CT molecular complexity index is 1140. The van der Waals surface area contributed by atoms with E-state index in [9.17, 15) is 0 Å². The summed E-state index contributed by atoms with van der Waals surface area (Å²) in [4.78, 5) is 9.14. The highest BCUT2D eigenvalue weighted by Gasteiger charge is 2.11. The van der Waals surface area contributed by atoms with Crippen LogP contribution < -0.4 is 14.8 Å². The third-order valence-electron chi connectivity index (χ3n) is 4.44. The van der Waals surface area contributed by atoms with Crippen molar-refractivity contribution in [3.8, 4) is 23.0 Å². The maximum Gasteiger partial charge on any atom is 0.227 e. The Morgan fingerprint density at radius 2 is 1.61 bits per heavy atom. The van der Waals surface area contributed by atoms with E-state index in [0.717, 1.165) is 22.2 Å². The average Bonchev–Trinajstić information content (AvgIpc) is 2.78. The predicted octanol–water partition coefficient (Wildman–Crippen LogP) is 4.65. The van der Waals surface area contributed by atoms with Crippen LogP contribution in [0.25, 0.3) is 10.9 Å². The van der Waals surface area contributed by atoms with Crippen molar-refractivity contribution in [3.05, 3.63) is 48.2 Å². The highest BCUT2D eigenvalue weighted by molar-refractivity contribution is 6.83. The maximum absolute atomic E-state index is 5.86. The fourth-order valence-corrected chi connectivity index (χ4v) is 3.38. The topological polar surface area (TPSA) is 74.7 Å². The van der Waals surface area contributed by atoms with Gasteiger partial charge in [-0.25, -0.2) is 9.97 Å². The summed E-state index contributed by atoms with van der Waals surface area (Å²) in [5, 5.41) is 4.12. The van der Waals surface area contributed by atoms with E-state index < -0.39 is 8.07 Å². The van der Waals surface area contributed by atoms with Crippen LogP contribution in [-0.4, -0.2) is 58.7 Å². The maximum atomic E-state index is 5.86. The van der Waals surface area contributed by atoms with Crippen molar-refractivity contribution in [2.24, 2.45) is 0 Å². The number of fused-ring (bicyclic) bond motifs is 1. The van der Waals surface area contributed by atoms with E-state index in [1.165, 1.54) is 0 Å². The van der Waals surface area contributed by atoms with Crippen molar-refractivity contribution in [1.82, 2.24) is 9.97 Å². The molecule has 0 saturated carbocycles. The normalized spacial score (nSPS) is 11.1. The number of nitrogens with zero attached hydrogens (tertiary/aromatic N) is 2. The summed E-state index contributed by atoms with van der Waals surface area (Å²) in [6.45, 7) is 8.47. The van der Waals surface area contributed by atoms with Gasteiger partial charge in [0.05, 0.1) is 18.7 Å². The van der Waals surface area contributed by atoms with Crippen molar-refractivity contribution in [2.45, 2.75) is 19.6 Å². The Balaban J connectivity index is 1.84. The lowest BCUT2D eigenvalue weighted by molar-refractivity contribution is 0.132. The first kappa shape index (κ1) is 24.5. The van der Waals surface area contributed by atoms with Crippen LogP contribution in [0.2, 0.25) is 19.6 Å². The summed E-state index contributed by atoms with van der Waals surface area (Å²) in [5.74, 6) is 4.99. The molecule has 1 aromatic heterocycles. The van der Waals surface area contributed by atoms with E-state index in [2.05, 4.69) is 46.4 Å². The number of rotatable bonds is 10. The molecule has 1 N–H and O–H groups in total. The van der Waals surface area contributed by atoms with Crippen molar-refractivity contribution >= 4 is 30.6 Å². The highest BCUT2D eigenvalue weighted by Crippen LogP contribution is 2.32. The fourth-order valence-electron chi connectivity index (χ4n) is 2.86. The molecule has 0 aliphatic heterocycles. The van der Waals surface area contributed by atoms with Gasteiger partial charge < -0.3 is 24.3 Å². The van der Waals surface area contributed by atoms with E-state index in [-0.39, 0.29) is 0 Å². The number of ether oxygens (including phenoxy) is 4. The monoisotopic (exact) mass is 465 g/mol. The van der Waals surface area contributed by atoms with Gasteiger partial charge in [-0.3, -0.25) is 0 Å². The molecule has 3 rings (SSSR count). The molecule has 7 nitrogen and oxygen atoms in total. The van der Waals surface area contributed by atoms with Crippen molar-refractivity contribution in [3.63, 3.8) is 0 Å². The zero-order chi connectivity index (χ0) is 23.7. The highest BCUT2D eigenvalue weighted by atomic mass is 28.3. The second kappa shape index (κ2) is 11.7. The van der Waals surface area contributed by atoms with Gasteiger partial charge in [0.2, 0.25) is 5.95 Å². The Morgan fingerprint density at radius 1 is 0.909 bits per heavy atom. The minimum Gasteiger partial charge on any atom is -0.487 e. The molecule has 0 spiro atoms. The molecule has 0 bridgehead atoms. The minimum absolute atomic E-state index is 0.407. The standard InChI is InChI=1S/C25H31N3O4Si/c1-29-10-12-31-23-16-20-18-26-25(28-22(20)17-24(23)32-13-11-30-2)27-21-8-6-7-19(15-21)9-14-33(3,4)5/h6-8,15-18H,10-13H2,1-5H3,(H,26,27,28). The van der Waals surface area contributed by atoms with Crippen molar-refractivity contribution < 1.29 is 18.9 Å². The third-order valence-corrected chi connectivity index (χ3v) is 5.31. The summed E-state index contributed by atoms with van der Waals surface area (Å²) in [5.41, 5.74) is 5.99. The molecule has 174 valence electrons. The smallest absolute Gasteiger partial charge is 0.227 e. The third kappa shape index (κ3) is 7.75. The Kier molecular flexibility index (Phi) is 8.66. The van der Waals surface area contributed by atoms with Gasteiger partial charge in [0, 0.05) is 43.1 Å². The van der Waals surface area contributed by atoms with Crippen LogP contribution in [0.5, 0.6) is 11.5 Å². The van der Waals surface area contributed by atoms with Gasteiger partial charge in [-0.2, -0.15) is 0 Å². The average molecular weight is 466 g/mol. The lowest BCUT2D eigenvalue weighted by Gasteiger charge is -2.14. The van der Waals surface area contributed by atoms with Crippen LogP contribution in [0.1, 0.15) is 5.56 Å². The molecule has 0 radical (unpaired) electrons. The zero-order valence-electron chi connectivity index (χ0n) is 19.9. The van der Waals surface area contributed by atoms with E-state index in [1.807, 2.05) is 36.4 Å². The molecule has 0 atom stereocenters. The Morgan fingerprint density at radius 3 is 2.27 bits per heavy atom. The zero-order valence-corrected chi connectivity index (χ0v) is 20.9. The quantitative estimate of drug-likeness (QED) is 0.265. The largest absolute Gasteiger partial charge is 0.487 e. The molecule has 0 aliphatic carbocycles. The van der Waals surface area contributed by atoms with Gasteiger partial charge in [-0.05, 0) is 24.3 Å². The van der Waals surface area contributed by atoms with E-state index >= 15 is 0 Å². The van der Waals surface area contributed by atoms with Crippen LogP contribution in [0.15, 0.2) is 42.6 Å². The van der Waals surface area contributed by atoms with Gasteiger partial charge in [-0.1, -0.05) is 31.6 Å². The van der Waals surface area contributed by atoms with Crippen LogP contribution in [0.4, 0.5) is 11.6 Å². The first-order valence-electron chi connectivity index (χ1n) is 10.8. The molecular formula is C25H31N3O4Si. The number of anilines is 2. The van der Waals surface area contributed by atoms with Gasteiger partial charge in [0.15, 0.2) is 11.5 Å². The molecular weight excluding hydrogens is 434 g/mol. The molecule has 0 aliphatic rings. The molecule has 0 unspecified atom stereocenters. The van der Waals surface area contributed by atoms with Crippen LogP contribution in [0, 0.1) is 11.5 Å². The van der Waals surface area contributed by atoms with E-state index in [0.29, 0.717) is 43.9 Å². The lowest BCUT2D eigenvalue weighted by Crippen LogP contribution is -2.16. The van der Waals surface area contributed by atoms with Crippen LogP contribution >= 0.6 is 0 Å². The molecule has 3 aromatic rings. The molecule has 1 heterocycles. The second-order valence-electron chi connectivity index (χ2n) is 8.44. The number of hydrogen-bond acceptors (Lipinski definition) is 7. The molecule has 2 aromatic carbocycles. The summed E-state index contributed by atoms with van der Waals surface area (Å²) in [6.07, 6.45) is 1.77. The molecule has 0 saturated heterocycles. The molecule has 8 heteroatoms. The van der Waals surface area contributed by atoms with Gasteiger partial charge >= 0.3 is 0 Å². The fraction of sp³-hybridized carbons (Fsp3) is 0.360. The number of nitrogens with one attached hydrogen (secondary N) is 1. The second-order valence-corrected chi connectivity index (χ2v) is 13.2. The minimum atomic E-state index is -1.44. The first-order valence-corrected chi connectivity index (χ1v) is 14.3. The molecule has 0 amide bonds. The SMILES string of the molecule is COCCOc1cc2cnc(Nc3cccc(C#C[Si](C)(C)C)c3)nc2cc1OCCOC. The predicted molar refractivity (Wildman–Crippen MR) is 134 cm³/mol. The molecule has 33 heavy (non-hydrogen) atoms. The number of methoxy groups -OCH3 is 2. The summed E-state index contributed by atoms with van der Waals surface area (Å²) < 4.78 is 21.9. The number of benzene rings is 2. The lowest BCUT2D eigenvalue weighted by atomic mass is 10.2. The molecule has 0 fully saturated rings. The van der Waals surface area contributed by atoms with E-state index in [4.69, 9.17) is 18.9 Å². The van der Waals surface area contributed by atoms with Crippen molar-refractivity contribution in [1.29, 1.82) is 0 Å². The number of hydrogen-bond donors (Lipinski definition) is 1. The summed E-state index contributed by atoms with van der Waals surface area (Å²) in [7, 11) is 1.83. The van der Waals surface area contributed by atoms with Crippen LogP contribution in [0.3, 0.4) is 0 Å². The summed E-state index contributed by atoms with van der Waals surface area (Å²) in [6, 6.07) is 11.7. The first-order chi connectivity index (χ1) is 15.9. The Hall–Kier alpha value is -3.12. The number of aromatic nitrogens is 2. The van der Waals surface area contributed by atoms with Gasteiger partial charge in [0.1, 0.15) is 21.3 Å². The summed E-state index contributed by atoms with van der Waals surface area (Å²) >= 11 is 0. The van der Waals surface area contributed by atoms with Crippen LogP contribution in [-0.2, 0) is 9.47 Å². The van der Waals surface area contributed by atoms with Gasteiger partial charge in [0.25, 0.3) is 0 Å².